The van der Waals surface area contributed by atoms with Gasteiger partial charge in [0.05, 0.1) is 0 Å². The van der Waals surface area contributed by atoms with Crippen molar-refractivity contribution in [3.63, 3.8) is 0 Å². The van der Waals surface area contributed by atoms with Crippen molar-refractivity contribution in [2.24, 2.45) is 0 Å². The predicted octanol–water partition coefficient (Wildman–Crippen LogP) is 2.86. The Morgan fingerprint density at radius 1 is 0.889 bits per heavy atom. The molecule has 0 N–H and O–H groups in total. The fourth-order valence-corrected chi connectivity index (χ4v) is 4.52. The number of unbranched alkanes of at least 4 members (excludes halogenated alkanes) is 2. The summed E-state index contributed by atoms with van der Waals surface area (Å²) in [5, 5.41) is 0. The van der Waals surface area contributed by atoms with E-state index in [1.807, 2.05) is 0 Å². The van der Waals surface area contributed by atoms with E-state index >= 15 is 0 Å². The average molecular weight is 234 g/mol. The number of hydrogen-bond acceptors (Lipinski definition) is 0. The maximum atomic E-state index is 2.31. The van der Waals surface area contributed by atoms with Crippen LogP contribution in [0.3, 0.4) is 0 Å². The SMILES string of the molecule is CCCC[CH2][SnH][CH2]CC. The van der Waals surface area contributed by atoms with Gasteiger partial charge in [-0.05, 0) is 0 Å². The fourth-order valence-electron chi connectivity index (χ4n) is 0.887. The van der Waals surface area contributed by atoms with E-state index in [1.54, 1.807) is 8.87 Å². The van der Waals surface area contributed by atoms with Gasteiger partial charge in [-0.1, -0.05) is 0 Å². The Kier molecular flexibility index (Phi) is 9.58. The van der Waals surface area contributed by atoms with Crippen LogP contribution in [0.5, 0.6) is 0 Å². The van der Waals surface area contributed by atoms with E-state index in [9.17, 15) is 0 Å². The van der Waals surface area contributed by atoms with Gasteiger partial charge in [0.15, 0.2) is 0 Å². The van der Waals surface area contributed by atoms with Gasteiger partial charge < -0.3 is 0 Å². The second kappa shape index (κ2) is 8.80. The molecule has 0 aromatic rings. The molecule has 0 atom stereocenters. The Morgan fingerprint density at radius 3 is 2.22 bits per heavy atom. The van der Waals surface area contributed by atoms with Crippen LogP contribution in [-0.4, -0.2) is 21.1 Å². The van der Waals surface area contributed by atoms with Gasteiger partial charge in [0.2, 0.25) is 0 Å². The molecule has 0 amide bonds. The number of rotatable bonds is 6. The maximum absolute atomic E-state index is 2.31. The summed E-state index contributed by atoms with van der Waals surface area (Å²) in [6, 6.07) is 0. The first-order valence-corrected chi connectivity index (χ1v) is 8.89. The zero-order valence-electron chi connectivity index (χ0n) is 6.82. The molecule has 55 valence electrons. The second-order valence-electron chi connectivity index (χ2n) is 2.57. The van der Waals surface area contributed by atoms with Crippen LogP contribution >= 0.6 is 0 Å². The van der Waals surface area contributed by atoms with Crippen molar-refractivity contribution in [3.05, 3.63) is 0 Å². The minimum atomic E-state index is -0.000539. The number of hydrogen-bond donors (Lipinski definition) is 0. The molecule has 0 aliphatic rings. The molecular weight excluding hydrogens is 215 g/mol. The molecule has 0 saturated carbocycles. The molecule has 1 radical (unpaired) electrons. The van der Waals surface area contributed by atoms with Crippen LogP contribution in [0.15, 0.2) is 0 Å². The Morgan fingerprint density at radius 2 is 1.67 bits per heavy atom. The molecular formula is C8H19Sn. The molecule has 0 saturated heterocycles. The molecule has 0 unspecified atom stereocenters. The first kappa shape index (κ1) is 9.80. The summed E-state index contributed by atoms with van der Waals surface area (Å²) in [6.07, 6.45) is 5.87. The third-order valence-corrected chi connectivity index (χ3v) is 6.65. The normalized spacial score (nSPS) is 10.0. The summed E-state index contributed by atoms with van der Waals surface area (Å²) in [5.74, 6) is 0. The molecule has 0 aromatic heterocycles. The zero-order valence-corrected chi connectivity index (χ0v) is 10.1. The molecule has 0 heterocycles. The first-order valence-electron chi connectivity index (χ1n) is 4.23. The molecule has 0 nitrogen and oxygen atoms in total. The first-order chi connectivity index (χ1) is 4.41. The van der Waals surface area contributed by atoms with Crippen LogP contribution in [0.2, 0.25) is 8.87 Å². The standard InChI is InChI=1S/C5H11.C3H7.Sn.H/c1-3-5-4-2;1-3-2;;/h1,3-5H2,2H3;1,3H2,2H3;;. The van der Waals surface area contributed by atoms with Crippen LogP contribution < -0.4 is 0 Å². The van der Waals surface area contributed by atoms with Gasteiger partial charge in [0, 0.05) is 0 Å². The quantitative estimate of drug-likeness (QED) is 0.489. The Balaban J connectivity index is 2.60. The molecule has 0 aliphatic carbocycles. The summed E-state index contributed by atoms with van der Waals surface area (Å²) in [5.41, 5.74) is 0. The van der Waals surface area contributed by atoms with Crippen molar-refractivity contribution in [3.8, 4) is 0 Å². The molecule has 0 rings (SSSR count). The topological polar surface area (TPSA) is 0 Å². The van der Waals surface area contributed by atoms with Gasteiger partial charge in [-0.15, -0.1) is 0 Å². The summed E-state index contributed by atoms with van der Waals surface area (Å²) < 4.78 is 3.27. The van der Waals surface area contributed by atoms with E-state index in [0.29, 0.717) is 0 Å². The minimum absolute atomic E-state index is 0.000539. The van der Waals surface area contributed by atoms with E-state index in [-0.39, 0.29) is 21.1 Å². The van der Waals surface area contributed by atoms with Crippen molar-refractivity contribution < 1.29 is 0 Å². The molecule has 0 spiro atoms. The van der Waals surface area contributed by atoms with Crippen LogP contribution in [-0.2, 0) is 0 Å². The van der Waals surface area contributed by atoms with Crippen molar-refractivity contribution in [1.29, 1.82) is 0 Å². The zero-order chi connectivity index (χ0) is 6.95. The molecule has 0 aliphatic heterocycles. The summed E-state index contributed by atoms with van der Waals surface area (Å²) in [6.45, 7) is 4.60. The molecule has 1 heteroatoms. The van der Waals surface area contributed by atoms with Crippen molar-refractivity contribution in [2.75, 3.05) is 0 Å². The average Bonchev–Trinajstić information content (AvgIpc) is 1.89. The van der Waals surface area contributed by atoms with E-state index in [4.69, 9.17) is 0 Å². The van der Waals surface area contributed by atoms with Crippen molar-refractivity contribution in [2.45, 2.75) is 48.4 Å². The van der Waals surface area contributed by atoms with E-state index < -0.39 is 0 Å². The predicted molar refractivity (Wildman–Crippen MR) is 46.6 cm³/mol. The van der Waals surface area contributed by atoms with E-state index in [1.165, 1.54) is 25.7 Å². The van der Waals surface area contributed by atoms with E-state index in [0.717, 1.165) is 0 Å². The Labute approximate surface area is 69.6 Å². The third-order valence-electron chi connectivity index (χ3n) is 1.50. The third kappa shape index (κ3) is 8.80. The van der Waals surface area contributed by atoms with Crippen molar-refractivity contribution in [1.82, 2.24) is 0 Å². The van der Waals surface area contributed by atoms with Crippen LogP contribution in [0.25, 0.3) is 0 Å². The summed E-state index contributed by atoms with van der Waals surface area (Å²) >= 11 is -0.000539. The molecule has 0 aromatic carbocycles. The molecule has 0 fully saturated rings. The van der Waals surface area contributed by atoms with Crippen LogP contribution in [0, 0.1) is 0 Å². The fraction of sp³-hybridized carbons (Fsp3) is 1.00. The van der Waals surface area contributed by atoms with Crippen LogP contribution in [0.1, 0.15) is 39.5 Å². The van der Waals surface area contributed by atoms with Gasteiger partial charge >= 0.3 is 69.5 Å². The van der Waals surface area contributed by atoms with E-state index in [2.05, 4.69) is 13.8 Å². The second-order valence-corrected chi connectivity index (χ2v) is 7.52. The Hall–Kier alpha value is 0.799. The van der Waals surface area contributed by atoms with Gasteiger partial charge in [-0.3, -0.25) is 0 Å². The van der Waals surface area contributed by atoms with Crippen LogP contribution in [0.4, 0.5) is 0 Å². The summed E-state index contributed by atoms with van der Waals surface area (Å²) in [7, 11) is 0. The molecule has 0 bridgehead atoms. The Bertz CT molecular complexity index is 37.8. The summed E-state index contributed by atoms with van der Waals surface area (Å²) in [4.78, 5) is 0. The van der Waals surface area contributed by atoms with Gasteiger partial charge in [-0.25, -0.2) is 0 Å². The monoisotopic (exact) mass is 235 g/mol. The van der Waals surface area contributed by atoms with Gasteiger partial charge in [0.25, 0.3) is 0 Å². The van der Waals surface area contributed by atoms with Gasteiger partial charge in [-0.2, -0.15) is 0 Å². The van der Waals surface area contributed by atoms with Crippen molar-refractivity contribution >= 4 is 21.1 Å². The molecule has 9 heavy (non-hydrogen) atoms. The van der Waals surface area contributed by atoms with Gasteiger partial charge in [0.1, 0.15) is 0 Å².